The van der Waals surface area contributed by atoms with E-state index in [1.54, 1.807) is 0 Å². The van der Waals surface area contributed by atoms with Crippen LogP contribution in [0.2, 0.25) is 0 Å². The summed E-state index contributed by atoms with van der Waals surface area (Å²) in [5, 5.41) is 7.25. The number of amides is 1. The van der Waals surface area contributed by atoms with Crippen molar-refractivity contribution in [1.82, 2.24) is 20.3 Å². The first-order valence-corrected chi connectivity index (χ1v) is 8.48. The highest BCUT2D eigenvalue weighted by Crippen LogP contribution is 2.28. The molecule has 0 radical (unpaired) electrons. The van der Waals surface area contributed by atoms with Crippen molar-refractivity contribution in [2.45, 2.75) is 45.7 Å². The Hall–Kier alpha value is -2.05. The van der Waals surface area contributed by atoms with Gasteiger partial charge < -0.3 is 19.6 Å². The van der Waals surface area contributed by atoms with Crippen LogP contribution in [0.1, 0.15) is 38.1 Å². The van der Waals surface area contributed by atoms with Crippen LogP contribution in [0.25, 0.3) is 0 Å². The summed E-state index contributed by atoms with van der Waals surface area (Å²) < 4.78 is 5.27. The first-order valence-electron chi connectivity index (χ1n) is 8.48. The van der Waals surface area contributed by atoms with E-state index in [4.69, 9.17) is 4.52 Å². The molecule has 1 aliphatic carbocycles. The lowest BCUT2D eigenvalue weighted by molar-refractivity contribution is -0.135. The van der Waals surface area contributed by atoms with Crippen molar-refractivity contribution in [1.29, 1.82) is 0 Å². The monoisotopic (exact) mass is 319 g/mol. The van der Waals surface area contributed by atoms with Gasteiger partial charge in [0.1, 0.15) is 6.54 Å². The summed E-state index contributed by atoms with van der Waals surface area (Å²) in [6.07, 6.45) is 3.17. The topological polar surface area (TPSA) is 74.0 Å². The SMILES string of the molecule is CCNC(=NCc1cc(CC)no1)N1CCN(C2CC2)C(=O)C1. The molecule has 2 aliphatic rings. The summed E-state index contributed by atoms with van der Waals surface area (Å²) in [7, 11) is 0. The zero-order valence-electron chi connectivity index (χ0n) is 13.9. The van der Waals surface area contributed by atoms with E-state index in [1.807, 2.05) is 29.7 Å². The zero-order valence-corrected chi connectivity index (χ0v) is 13.9. The van der Waals surface area contributed by atoms with Crippen molar-refractivity contribution in [2.24, 2.45) is 4.99 Å². The molecule has 2 fully saturated rings. The summed E-state index contributed by atoms with van der Waals surface area (Å²) in [4.78, 5) is 20.9. The Morgan fingerprint density at radius 2 is 2.26 bits per heavy atom. The Kier molecular flexibility index (Phi) is 4.83. The van der Waals surface area contributed by atoms with Gasteiger partial charge in [-0.05, 0) is 26.2 Å². The number of guanidine groups is 1. The largest absolute Gasteiger partial charge is 0.359 e. The van der Waals surface area contributed by atoms with Gasteiger partial charge >= 0.3 is 0 Å². The fourth-order valence-corrected chi connectivity index (χ4v) is 2.82. The molecule has 1 aromatic heterocycles. The number of rotatable bonds is 5. The van der Waals surface area contributed by atoms with Gasteiger partial charge in [-0.2, -0.15) is 0 Å². The van der Waals surface area contributed by atoms with Gasteiger partial charge in [-0.1, -0.05) is 12.1 Å². The normalized spacial score (nSPS) is 19.4. The molecular formula is C16H25N5O2. The van der Waals surface area contributed by atoms with Gasteiger partial charge in [0.25, 0.3) is 0 Å². The van der Waals surface area contributed by atoms with Gasteiger partial charge in [0, 0.05) is 31.7 Å². The van der Waals surface area contributed by atoms with Crippen LogP contribution in [0.3, 0.4) is 0 Å². The molecule has 2 heterocycles. The molecule has 3 rings (SSSR count). The van der Waals surface area contributed by atoms with Gasteiger partial charge in [-0.3, -0.25) is 4.79 Å². The van der Waals surface area contributed by atoms with E-state index in [1.165, 1.54) is 0 Å². The van der Waals surface area contributed by atoms with E-state index in [2.05, 4.69) is 15.5 Å². The first kappa shape index (κ1) is 15.8. The Balaban J connectivity index is 1.63. The number of carbonyl (C=O) groups is 1. The van der Waals surface area contributed by atoms with Crippen molar-refractivity contribution in [3.63, 3.8) is 0 Å². The summed E-state index contributed by atoms with van der Waals surface area (Å²) in [5.41, 5.74) is 0.938. The average molecular weight is 319 g/mol. The molecule has 23 heavy (non-hydrogen) atoms. The molecule has 7 nitrogen and oxygen atoms in total. The highest BCUT2D eigenvalue weighted by molar-refractivity contribution is 5.88. The third-order valence-electron chi connectivity index (χ3n) is 4.23. The van der Waals surface area contributed by atoms with Crippen LogP contribution in [0, 0.1) is 0 Å². The molecule has 1 saturated heterocycles. The average Bonchev–Trinajstić information content (AvgIpc) is 3.29. The molecule has 1 aliphatic heterocycles. The lowest BCUT2D eigenvalue weighted by atomic mass is 10.3. The second-order valence-corrected chi connectivity index (χ2v) is 6.05. The van der Waals surface area contributed by atoms with Crippen LogP contribution in [0.5, 0.6) is 0 Å². The summed E-state index contributed by atoms with van der Waals surface area (Å²) >= 11 is 0. The molecule has 0 aromatic carbocycles. The maximum absolute atomic E-state index is 12.3. The summed E-state index contributed by atoms with van der Waals surface area (Å²) in [6, 6.07) is 2.43. The number of aromatic nitrogens is 1. The van der Waals surface area contributed by atoms with Gasteiger partial charge in [0.15, 0.2) is 11.7 Å². The summed E-state index contributed by atoms with van der Waals surface area (Å²) in [5.74, 6) is 1.73. The molecule has 0 bridgehead atoms. The number of carbonyl (C=O) groups excluding carboxylic acids is 1. The third kappa shape index (κ3) is 3.83. The van der Waals surface area contributed by atoms with Crippen molar-refractivity contribution < 1.29 is 9.32 Å². The highest BCUT2D eigenvalue weighted by atomic mass is 16.5. The minimum Gasteiger partial charge on any atom is -0.359 e. The highest BCUT2D eigenvalue weighted by Gasteiger charge is 2.36. The number of aryl methyl sites for hydroxylation is 1. The molecule has 0 unspecified atom stereocenters. The Morgan fingerprint density at radius 3 is 2.87 bits per heavy atom. The van der Waals surface area contributed by atoms with Crippen LogP contribution in [-0.2, 0) is 17.8 Å². The Morgan fingerprint density at radius 1 is 1.43 bits per heavy atom. The molecule has 1 N–H and O–H groups in total. The van der Waals surface area contributed by atoms with Crippen LogP contribution in [-0.4, -0.2) is 59.0 Å². The van der Waals surface area contributed by atoms with E-state index in [9.17, 15) is 4.79 Å². The standard InChI is InChI=1S/C16H25N5O2/c1-3-12-9-14(23-19-12)10-18-16(17-4-2)20-7-8-21(13-5-6-13)15(22)11-20/h9,13H,3-8,10-11H2,1-2H3,(H,17,18). The van der Waals surface area contributed by atoms with Crippen molar-refractivity contribution in [3.05, 3.63) is 17.5 Å². The quantitative estimate of drug-likeness (QED) is 0.648. The zero-order chi connectivity index (χ0) is 16.2. The molecule has 1 aromatic rings. The van der Waals surface area contributed by atoms with Crippen molar-refractivity contribution in [2.75, 3.05) is 26.2 Å². The van der Waals surface area contributed by atoms with Gasteiger partial charge in [0.05, 0.1) is 12.2 Å². The Bertz CT molecular complexity index is 579. The van der Waals surface area contributed by atoms with E-state index >= 15 is 0 Å². The van der Waals surface area contributed by atoms with Gasteiger partial charge in [0.2, 0.25) is 5.91 Å². The van der Waals surface area contributed by atoms with Gasteiger partial charge in [-0.25, -0.2) is 4.99 Å². The third-order valence-corrected chi connectivity index (χ3v) is 4.23. The molecule has 1 saturated carbocycles. The minimum atomic E-state index is 0.206. The Labute approximate surface area is 136 Å². The maximum atomic E-state index is 12.3. The second kappa shape index (κ2) is 7.02. The predicted octanol–water partition coefficient (Wildman–Crippen LogP) is 1.01. The fraction of sp³-hybridized carbons (Fsp3) is 0.688. The lowest BCUT2D eigenvalue weighted by Gasteiger charge is -2.36. The first-order chi connectivity index (χ1) is 11.2. The fourth-order valence-electron chi connectivity index (χ4n) is 2.82. The van der Waals surface area contributed by atoms with Gasteiger partial charge in [-0.15, -0.1) is 0 Å². The van der Waals surface area contributed by atoms with Crippen LogP contribution in [0.15, 0.2) is 15.6 Å². The van der Waals surface area contributed by atoms with E-state index in [-0.39, 0.29) is 5.91 Å². The smallest absolute Gasteiger partial charge is 0.242 e. The molecule has 1 amide bonds. The molecule has 0 spiro atoms. The van der Waals surface area contributed by atoms with E-state index in [0.717, 1.165) is 56.3 Å². The molecule has 7 heteroatoms. The molecule has 126 valence electrons. The molecular weight excluding hydrogens is 294 g/mol. The number of aliphatic imine (C=N–C) groups is 1. The van der Waals surface area contributed by atoms with Crippen LogP contribution in [0.4, 0.5) is 0 Å². The minimum absolute atomic E-state index is 0.206. The van der Waals surface area contributed by atoms with Crippen molar-refractivity contribution in [3.8, 4) is 0 Å². The maximum Gasteiger partial charge on any atom is 0.242 e. The number of piperazine rings is 1. The number of hydrogen-bond donors (Lipinski definition) is 1. The predicted molar refractivity (Wildman–Crippen MR) is 87.0 cm³/mol. The van der Waals surface area contributed by atoms with E-state index < -0.39 is 0 Å². The lowest BCUT2D eigenvalue weighted by Crippen LogP contribution is -2.55. The van der Waals surface area contributed by atoms with Crippen LogP contribution < -0.4 is 5.32 Å². The summed E-state index contributed by atoms with van der Waals surface area (Å²) in [6.45, 7) is 7.29. The number of nitrogens with one attached hydrogen (secondary N) is 1. The van der Waals surface area contributed by atoms with E-state index in [0.29, 0.717) is 19.1 Å². The van der Waals surface area contributed by atoms with Crippen LogP contribution >= 0.6 is 0 Å². The number of nitrogens with zero attached hydrogens (tertiary/aromatic N) is 4. The number of hydrogen-bond acceptors (Lipinski definition) is 4. The van der Waals surface area contributed by atoms with Crippen molar-refractivity contribution >= 4 is 11.9 Å². The molecule has 0 atom stereocenters. The second-order valence-electron chi connectivity index (χ2n) is 6.05.